The van der Waals surface area contributed by atoms with Gasteiger partial charge < -0.3 is 11.5 Å². The van der Waals surface area contributed by atoms with Crippen molar-refractivity contribution >= 4 is 17.2 Å². The van der Waals surface area contributed by atoms with E-state index in [1.54, 1.807) is 18.2 Å². The van der Waals surface area contributed by atoms with Gasteiger partial charge in [0.05, 0.1) is 0 Å². The number of benzene rings is 2. The van der Waals surface area contributed by atoms with Gasteiger partial charge in [-0.05, 0) is 37.6 Å². The van der Waals surface area contributed by atoms with Crippen LogP contribution in [0.1, 0.15) is 27.0 Å². The van der Waals surface area contributed by atoms with Crippen molar-refractivity contribution in [2.75, 3.05) is 11.5 Å². The summed E-state index contributed by atoms with van der Waals surface area (Å²) in [6.07, 6.45) is 0. The maximum absolute atomic E-state index is 12.4. The van der Waals surface area contributed by atoms with Gasteiger partial charge in [0.15, 0.2) is 5.78 Å². The highest BCUT2D eigenvalue weighted by Gasteiger charge is 2.14. The topological polar surface area (TPSA) is 69.1 Å². The van der Waals surface area contributed by atoms with Crippen molar-refractivity contribution in [3.8, 4) is 0 Å². The van der Waals surface area contributed by atoms with Crippen molar-refractivity contribution in [3.05, 3.63) is 58.7 Å². The van der Waals surface area contributed by atoms with E-state index in [0.29, 0.717) is 22.5 Å². The van der Waals surface area contributed by atoms with E-state index in [2.05, 4.69) is 0 Å². The molecule has 0 aliphatic carbocycles. The number of hydrogen-bond donors (Lipinski definition) is 2. The molecule has 2 aromatic rings. The third-order valence-corrected chi connectivity index (χ3v) is 3.08. The lowest BCUT2D eigenvalue weighted by Crippen LogP contribution is -2.08. The van der Waals surface area contributed by atoms with E-state index in [9.17, 15) is 4.79 Å². The van der Waals surface area contributed by atoms with Crippen LogP contribution < -0.4 is 11.5 Å². The van der Waals surface area contributed by atoms with Crippen LogP contribution in [0.15, 0.2) is 36.4 Å². The van der Waals surface area contributed by atoms with E-state index in [1.165, 1.54) is 0 Å². The van der Waals surface area contributed by atoms with E-state index in [0.717, 1.165) is 11.1 Å². The minimum absolute atomic E-state index is 0.0701. The van der Waals surface area contributed by atoms with Crippen LogP contribution in [0, 0.1) is 13.8 Å². The highest BCUT2D eigenvalue weighted by molar-refractivity contribution is 6.12. The van der Waals surface area contributed by atoms with Crippen LogP contribution in [-0.2, 0) is 0 Å². The Balaban J connectivity index is 2.50. The Bertz CT molecular complexity index is 618. The molecule has 0 amide bonds. The first-order valence-electron chi connectivity index (χ1n) is 5.76. The van der Waals surface area contributed by atoms with E-state index in [1.807, 2.05) is 32.0 Å². The van der Waals surface area contributed by atoms with Crippen molar-refractivity contribution in [1.29, 1.82) is 0 Å². The third kappa shape index (κ3) is 2.07. The monoisotopic (exact) mass is 240 g/mol. The van der Waals surface area contributed by atoms with E-state index < -0.39 is 0 Å². The van der Waals surface area contributed by atoms with Gasteiger partial charge in [0.1, 0.15) is 0 Å². The number of nitrogens with two attached hydrogens (primary N) is 2. The molecule has 0 aliphatic rings. The molecule has 0 radical (unpaired) electrons. The average Bonchev–Trinajstić information content (AvgIpc) is 2.35. The molecule has 0 heterocycles. The Labute approximate surface area is 106 Å². The average molecular weight is 240 g/mol. The summed E-state index contributed by atoms with van der Waals surface area (Å²) in [7, 11) is 0. The van der Waals surface area contributed by atoms with Crippen LogP contribution >= 0.6 is 0 Å². The zero-order chi connectivity index (χ0) is 13.3. The molecule has 0 aromatic heterocycles. The molecule has 4 N–H and O–H groups in total. The second-order valence-electron chi connectivity index (χ2n) is 4.44. The molecule has 3 nitrogen and oxygen atoms in total. The molecule has 0 saturated carbocycles. The third-order valence-electron chi connectivity index (χ3n) is 3.08. The summed E-state index contributed by atoms with van der Waals surface area (Å²) in [4.78, 5) is 12.4. The summed E-state index contributed by atoms with van der Waals surface area (Å²) < 4.78 is 0. The maximum Gasteiger partial charge on any atom is 0.195 e. The minimum atomic E-state index is -0.0701. The van der Waals surface area contributed by atoms with Gasteiger partial charge in [-0.3, -0.25) is 4.79 Å². The van der Waals surface area contributed by atoms with Crippen molar-refractivity contribution < 1.29 is 4.79 Å². The molecule has 0 atom stereocenters. The first-order valence-corrected chi connectivity index (χ1v) is 5.76. The van der Waals surface area contributed by atoms with Gasteiger partial charge in [-0.15, -0.1) is 0 Å². The molecule has 0 fully saturated rings. The number of anilines is 2. The Kier molecular flexibility index (Phi) is 3.06. The number of aryl methyl sites for hydroxylation is 1. The highest BCUT2D eigenvalue weighted by atomic mass is 16.1. The van der Waals surface area contributed by atoms with Gasteiger partial charge in [0.2, 0.25) is 0 Å². The molecule has 0 aliphatic heterocycles. The number of carbonyl (C=O) groups is 1. The Morgan fingerprint density at radius 3 is 2.44 bits per heavy atom. The summed E-state index contributed by atoms with van der Waals surface area (Å²) in [6.45, 7) is 3.77. The number of ketones is 1. The molecule has 0 spiro atoms. The Hall–Kier alpha value is -2.29. The Morgan fingerprint density at radius 1 is 1.06 bits per heavy atom. The maximum atomic E-state index is 12.4. The molecule has 18 heavy (non-hydrogen) atoms. The quantitative estimate of drug-likeness (QED) is 0.626. The van der Waals surface area contributed by atoms with Gasteiger partial charge in [-0.25, -0.2) is 0 Å². The fourth-order valence-electron chi connectivity index (χ4n) is 1.89. The summed E-state index contributed by atoms with van der Waals surface area (Å²) in [5, 5.41) is 0. The van der Waals surface area contributed by atoms with Crippen molar-refractivity contribution in [3.63, 3.8) is 0 Å². The van der Waals surface area contributed by atoms with Crippen LogP contribution in [0.3, 0.4) is 0 Å². The second-order valence-corrected chi connectivity index (χ2v) is 4.44. The lowest BCUT2D eigenvalue weighted by Gasteiger charge is -2.10. The number of rotatable bonds is 2. The summed E-state index contributed by atoms with van der Waals surface area (Å²) in [5.74, 6) is -0.0701. The number of nitrogen functional groups attached to an aromatic ring is 2. The summed E-state index contributed by atoms with van der Waals surface area (Å²) in [5.41, 5.74) is 15.7. The largest absolute Gasteiger partial charge is 0.398 e. The lowest BCUT2D eigenvalue weighted by atomic mass is 9.97. The van der Waals surface area contributed by atoms with Crippen LogP contribution in [-0.4, -0.2) is 5.78 Å². The van der Waals surface area contributed by atoms with E-state index >= 15 is 0 Å². The first-order chi connectivity index (χ1) is 8.50. The predicted molar refractivity (Wildman–Crippen MR) is 74.6 cm³/mol. The predicted octanol–water partition coefficient (Wildman–Crippen LogP) is 2.70. The fraction of sp³-hybridized carbons (Fsp3) is 0.133. The minimum Gasteiger partial charge on any atom is -0.398 e. The molecule has 0 saturated heterocycles. The first kappa shape index (κ1) is 12.2. The van der Waals surface area contributed by atoms with E-state index in [4.69, 9.17) is 11.5 Å². The van der Waals surface area contributed by atoms with Gasteiger partial charge >= 0.3 is 0 Å². The Morgan fingerprint density at radius 2 is 1.78 bits per heavy atom. The van der Waals surface area contributed by atoms with Gasteiger partial charge in [-0.1, -0.05) is 23.8 Å². The SMILES string of the molecule is Cc1cccc(C(=O)c2ccc(N)c(C)c2N)c1. The smallest absolute Gasteiger partial charge is 0.195 e. The van der Waals surface area contributed by atoms with Crippen molar-refractivity contribution in [2.45, 2.75) is 13.8 Å². The molecular formula is C15H16N2O. The number of hydrogen-bond acceptors (Lipinski definition) is 3. The van der Waals surface area contributed by atoms with Crippen LogP contribution in [0.5, 0.6) is 0 Å². The lowest BCUT2D eigenvalue weighted by molar-refractivity contribution is 0.103. The zero-order valence-corrected chi connectivity index (χ0v) is 10.5. The fourth-order valence-corrected chi connectivity index (χ4v) is 1.89. The van der Waals surface area contributed by atoms with Crippen molar-refractivity contribution in [2.24, 2.45) is 0 Å². The number of carbonyl (C=O) groups excluding carboxylic acids is 1. The van der Waals surface area contributed by atoms with Crippen LogP contribution in [0.25, 0.3) is 0 Å². The van der Waals surface area contributed by atoms with Crippen LogP contribution in [0.2, 0.25) is 0 Å². The summed E-state index contributed by atoms with van der Waals surface area (Å²) in [6, 6.07) is 10.9. The second kappa shape index (κ2) is 4.53. The zero-order valence-electron chi connectivity index (χ0n) is 10.5. The standard InChI is InChI=1S/C15H16N2O/c1-9-4-3-5-11(8-9)15(18)12-6-7-13(16)10(2)14(12)17/h3-8H,16-17H2,1-2H3. The van der Waals surface area contributed by atoms with Gasteiger partial charge in [0, 0.05) is 22.5 Å². The molecular weight excluding hydrogens is 224 g/mol. The van der Waals surface area contributed by atoms with Gasteiger partial charge in [-0.2, -0.15) is 0 Å². The van der Waals surface area contributed by atoms with Crippen LogP contribution in [0.4, 0.5) is 11.4 Å². The molecule has 2 rings (SSSR count). The molecule has 2 aromatic carbocycles. The molecule has 0 bridgehead atoms. The van der Waals surface area contributed by atoms with Gasteiger partial charge in [0.25, 0.3) is 0 Å². The molecule has 92 valence electrons. The highest BCUT2D eigenvalue weighted by Crippen LogP contribution is 2.25. The molecule has 3 heteroatoms. The normalized spacial score (nSPS) is 10.3. The van der Waals surface area contributed by atoms with E-state index in [-0.39, 0.29) is 5.78 Å². The van der Waals surface area contributed by atoms with Crippen molar-refractivity contribution in [1.82, 2.24) is 0 Å². The molecule has 0 unspecified atom stereocenters. The summed E-state index contributed by atoms with van der Waals surface area (Å²) >= 11 is 0.